The highest BCUT2D eigenvalue weighted by Gasteiger charge is 1.98. The Morgan fingerprint density at radius 2 is 2.00 bits per heavy atom. The van der Waals surface area contributed by atoms with Crippen molar-refractivity contribution in [2.45, 2.75) is 0 Å². The fraction of sp³-hybridized carbons (Fsp3) is 0.111. The molecule has 0 atom stereocenters. The zero-order valence-corrected chi connectivity index (χ0v) is 6.91. The molecule has 4 heteroatoms. The first kappa shape index (κ1) is 9.25. The van der Waals surface area contributed by atoms with E-state index in [0.717, 1.165) is 0 Å². The van der Waals surface area contributed by atoms with Gasteiger partial charge in [-0.3, -0.25) is 4.79 Å². The third kappa shape index (κ3) is 3.37. The molecular weight excluding hydrogens is 168 g/mol. The normalized spacial score (nSPS) is 8.92. The number of amides is 2. The molecule has 0 saturated carbocycles. The van der Waals surface area contributed by atoms with Crippen molar-refractivity contribution in [3.8, 4) is 0 Å². The van der Waals surface area contributed by atoms with E-state index in [2.05, 4.69) is 10.6 Å². The molecule has 0 unspecified atom stereocenters. The molecular formula is C9H9N2O2. The summed E-state index contributed by atoms with van der Waals surface area (Å²) < 4.78 is 0. The van der Waals surface area contributed by atoms with Crippen LogP contribution in [-0.4, -0.2) is 18.9 Å². The van der Waals surface area contributed by atoms with E-state index >= 15 is 0 Å². The maximum Gasteiger partial charge on any atom is 0.319 e. The summed E-state index contributed by atoms with van der Waals surface area (Å²) in [6.45, 7) is -0.0985. The number of carbonyl (C=O) groups excluding carboxylic acids is 2. The van der Waals surface area contributed by atoms with Crippen LogP contribution in [0.25, 0.3) is 0 Å². The average Bonchev–Trinajstić information content (AvgIpc) is 2.16. The molecule has 4 nitrogen and oxygen atoms in total. The molecule has 0 aliphatic carbocycles. The zero-order valence-electron chi connectivity index (χ0n) is 6.91. The molecule has 1 radical (unpaired) electrons. The lowest BCUT2D eigenvalue weighted by Gasteiger charge is -2.03. The van der Waals surface area contributed by atoms with Gasteiger partial charge >= 0.3 is 6.03 Å². The zero-order chi connectivity index (χ0) is 9.52. The molecule has 1 rings (SSSR count). The first-order chi connectivity index (χ1) is 6.33. The highest BCUT2D eigenvalue weighted by Crippen LogP contribution is 2.03. The van der Waals surface area contributed by atoms with Gasteiger partial charge in [-0.25, -0.2) is 4.79 Å². The van der Waals surface area contributed by atoms with Gasteiger partial charge in [0.25, 0.3) is 0 Å². The lowest BCUT2D eigenvalue weighted by Crippen LogP contribution is -2.29. The van der Waals surface area contributed by atoms with Crippen LogP contribution in [0.2, 0.25) is 0 Å². The first-order valence-corrected chi connectivity index (χ1v) is 3.78. The molecule has 13 heavy (non-hydrogen) atoms. The molecule has 0 aliphatic rings. The number of anilines is 1. The highest BCUT2D eigenvalue weighted by molar-refractivity contribution is 5.90. The van der Waals surface area contributed by atoms with Crippen LogP contribution in [0.3, 0.4) is 0 Å². The minimum Gasteiger partial charge on any atom is -0.330 e. The average molecular weight is 177 g/mol. The summed E-state index contributed by atoms with van der Waals surface area (Å²) in [6, 6.07) is 8.56. The van der Waals surface area contributed by atoms with E-state index in [1.54, 1.807) is 18.4 Å². The van der Waals surface area contributed by atoms with Crippen LogP contribution in [0.5, 0.6) is 0 Å². The second-order valence-corrected chi connectivity index (χ2v) is 2.32. The summed E-state index contributed by atoms with van der Waals surface area (Å²) in [7, 11) is 0. The molecule has 2 N–H and O–H groups in total. The molecule has 67 valence electrons. The largest absolute Gasteiger partial charge is 0.330 e. The molecule has 1 aromatic rings. The van der Waals surface area contributed by atoms with E-state index in [-0.39, 0.29) is 6.54 Å². The number of rotatable bonds is 3. The van der Waals surface area contributed by atoms with Crippen molar-refractivity contribution in [2.24, 2.45) is 0 Å². The number of nitrogens with one attached hydrogen (secondary N) is 2. The minimum atomic E-state index is -0.408. The van der Waals surface area contributed by atoms with Crippen molar-refractivity contribution in [1.29, 1.82) is 0 Å². The Morgan fingerprint density at radius 3 is 2.62 bits per heavy atom. The Kier molecular flexibility index (Phi) is 3.50. The fourth-order valence-corrected chi connectivity index (χ4v) is 0.813. The summed E-state index contributed by atoms with van der Waals surface area (Å²) >= 11 is 0. The Bertz CT molecular complexity index is 285. The smallest absolute Gasteiger partial charge is 0.319 e. The van der Waals surface area contributed by atoms with E-state index in [1.807, 2.05) is 18.2 Å². The van der Waals surface area contributed by atoms with Gasteiger partial charge in [-0.1, -0.05) is 18.2 Å². The van der Waals surface area contributed by atoms with Gasteiger partial charge in [-0.05, 0) is 12.1 Å². The number of hydrogen-bond donors (Lipinski definition) is 2. The highest BCUT2D eigenvalue weighted by atomic mass is 16.2. The number of urea groups is 1. The Labute approximate surface area is 75.9 Å². The molecule has 1 aromatic carbocycles. The monoisotopic (exact) mass is 177 g/mol. The molecule has 0 heterocycles. The van der Waals surface area contributed by atoms with Crippen molar-refractivity contribution >= 4 is 18.0 Å². The van der Waals surface area contributed by atoms with Gasteiger partial charge in [-0.2, -0.15) is 0 Å². The minimum absolute atomic E-state index is 0.0985. The van der Waals surface area contributed by atoms with Crippen LogP contribution in [0, 0.1) is 0 Å². The summed E-state index contributed by atoms with van der Waals surface area (Å²) in [5.74, 6) is 0. The summed E-state index contributed by atoms with van der Waals surface area (Å²) in [6.07, 6.45) is 1.56. The SMILES string of the molecule is O=[C]CNC(=O)Nc1ccccc1. The molecule has 0 saturated heterocycles. The van der Waals surface area contributed by atoms with E-state index < -0.39 is 6.03 Å². The van der Waals surface area contributed by atoms with Crippen LogP contribution in [0.15, 0.2) is 30.3 Å². The third-order valence-corrected chi connectivity index (χ3v) is 1.35. The van der Waals surface area contributed by atoms with E-state index in [9.17, 15) is 9.59 Å². The third-order valence-electron chi connectivity index (χ3n) is 1.35. The summed E-state index contributed by atoms with van der Waals surface area (Å²) in [4.78, 5) is 20.8. The van der Waals surface area contributed by atoms with Gasteiger partial charge in [0.2, 0.25) is 6.29 Å². The first-order valence-electron chi connectivity index (χ1n) is 3.78. The summed E-state index contributed by atoms with van der Waals surface area (Å²) in [5.41, 5.74) is 0.686. The van der Waals surface area contributed by atoms with Gasteiger partial charge in [0.05, 0.1) is 6.54 Å². The molecule has 2 amide bonds. The maximum atomic E-state index is 11.0. The summed E-state index contributed by atoms with van der Waals surface area (Å²) in [5, 5.41) is 4.85. The van der Waals surface area contributed by atoms with Gasteiger partial charge in [0.1, 0.15) is 0 Å². The van der Waals surface area contributed by atoms with Crippen molar-refractivity contribution in [2.75, 3.05) is 11.9 Å². The number of para-hydroxylation sites is 1. The predicted octanol–water partition coefficient (Wildman–Crippen LogP) is 0.918. The van der Waals surface area contributed by atoms with Crippen molar-refractivity contribution in [3.05, 3.63) is 30.3 Å². The molecule has 0 aromatic heterocycles. The molecule has 0 aliphatic heterocycles. The molecule has 0 spiro atoms. The van der Waals surface area contributed by atoms with Gasteiger partial charge < -0.3 is 10.6 Å². The fourth-order valence-electron chi connectivity index (χ4n) is 0.813. The number of benzene rings is 1. The van der Waals surface area contributed by atoms with Crippen LogP contribution in [-0.2, 0) is 4.79 Å². The lowest BCUT2D eigenvalue weighted by molar-refractivity contribution is 0.253. The van der Waals surface area contributed by atoms with Gasteiger partial charge in [-0.15, -0.1) is 0 Å². The Balaban J connectivity index is 2.41. The van der Waals surface area contributed by atoms with Crippen LogP contribution in [0.4, 0.5) is 10.5 Å². The van der Waals surface area contributed by atoms with Crippen LogP contribution >= 0.6 is 0 Å². The molecule has 0 fully saturated rings. The maximum absolute atomic E-state index is 11.0. The van der Waals surface area contributed by atoms with Gasteiger partial charge in [0, 0.05) is 5.69 Å². The number of carbonyl (C=O) groups is 1. The quantitative estimate of drug-likeness (QED) is 0.721. The van der Waals surface area contributed by atoms with Crippen LogP contribution < -0.4 is 10.6 Å². The van der Waals surface area contributed by atoms with E-state index in [0.29, 0.717) is 5.69 Å². The Hall–Kier alpha value is -1.84. The topological polar surface area (TPSA) is 58.2 Å². The second-order valence-electron chi connectivity index (χ2n) is 2.32. The van der Waals surface area contributed by atoms with E-state index in [1.165, 1.54) is 0 Å². The second kappa shape index (κ2) is 4.92. The van der Waals surface area contributed by atoms with E-state index in [4.69, 9.17) is 0 Å². The van der Waals surface area contributed by atoms with Crippen molar-refractivity contribution in [3.63, 3.8) is 0 Å². The van der Waals surface area contributed by atoms with Crippen molar-refractivity contribution in [1.82, 2.24) is 5.32 Å². The van der Waals surface area contributed by atoms with Crippen LogP contribution in [0.1, 0.15) is 0 Å². The Morgan fingerprint density at radius 1 is 1.31 bits per heavy atom. The lowest BCUT2D eigenvalue weighted by atomic mass is 10.3. The molecule has 0 bridgehead atoms. The van der Waals surface area contributed by atoms with Crippen molar-refractivity contribution < 1.29 is 9.59 Å². The predicted molar refractivity (Wildman–Crippen MR) is 49.2 cm³/mol. The number of hydrogen-bond acceptors (Lipinski definition) is 2. The standard InChI is InChI=1S/C9H9N2O2/c12-7-6-10-9(13)11-8-4-2-1-3-5-8/h1-5H,6H2,(H2,10,11,13). The van der Waals surface area contributed by atoms with Gasteiger partial charge in [0.15, 0.2) is 0 Å².